The van der Waals surface area contributed by atoms with E-state index in [4.69, 9.17) is 11.6 Å². The van der Waals surface area contributed by atoms with Crippen LogP contribution in [0, 0.1) is 12.7 Å². The molecule has 0 unspecified atom stereocenters. The molecule has 0 aliphatic carbocycles. The van der Waals surface area contributed by atoms with Gasteiger partial charge in [-0.3, -0.25) is 9.59 Å². The third kappa shape index (κ3) is 4.21. The van der Waals surface area contributed by atoms with Crippen LogP contribution in [0.25, 0.3) is 10.9 Å². The Hall–Kier alpha value is -2.86. The summed E-state index contributed by atoms with van der Waals surface area (Å²) in [7, 11) is 0. The molecule has 0 saturated heterocycles. The molecule has 0 saturated carbocycles. The van der Waals surface area contributed by atoms with Crippen molar-refractivity contribution in [2.45, 2.75) is 13.3 Å². The first-order chi connectivity index (χ1) is 12.4. The van der Waals surface area contributed by atoms with E-state index >= 15 is 0 Å². The van der Waals surface area contributed by atoms with Gasteiger partial charge in [0, 0.05) is 17.1 Å². The van der Waals surface area contributed by atoms with Gasteiger partial charge in [-0.15, -0.1) is 0 Å². The van der Waals surface area contributed by atoms with Gasteiger partial charge >= 0.3 is 0 Å². The molecule has 5 nitrogen and oxygen atoms in total. The van der Waals surface area contributed by atoms with Crippen molar-refractivity contribution in [3.63, 3.8) is 0 Å². The lowest BCUT2D eigenvalue weighted by molar-refractivity contribution is -0.123. The fourth-order valence-electron chi connectivity index (χ4n) is 2.63. The summed E-state index contributed by atoms with van der Waals surface area (Å²) in [5, 5.41) is 6.28. The highest BCUT2D eigenvalue weighted by atomic mass is 35.5. The van der Waals surface area contributed by atoms with Crippen LogP contribution < -0.4 is 10.6 Å². The van der Waals surface area contributed by atoms with Gasteiger partial charge in [-0.25, -0.2) is 4.39 Å². The first kappa shape index (κ1) is 17.9. The lowest BCUT2D eigenvalue weighted by Crippen LogP contribution is -2.33. The van der Waals surface area contributed by atoms with E-state index in [2.05, 4.69) is 15.6 Å². The number of amides is 2. The van der Waals surface area contributed by atoms with Gasteiger partial charge in [0.05, 0.1) is 23.7 Å². The van der Waals surface area contributed by atoms with Crippen LogP contribution in [0.5, 0.6) is 0 Å². The average molecular weight is 374 g/mol. The number of carbonyl (C=O) groups excluding carboxylic acids is 2. The van der Waals surface area contributed by atoms with Gasteiger partial charge in [0.2, 0.25) is 11.8 Å². The summed E-state index contributed by atoms with van der Waals surface area (Å²) >= 11 is 6.06. The summed E-state index contributed by atoms with van der Waals surface area (Å²) in [5.41, 5.74) is 2.89. The van der Waals surface area contributed by atoms with E-state index in [1.54, 1.807) is 24.4 Å². The molecule has 3 aromatic rings. The van der Waals surface area contributed by atoms with Crippen molar-refractivity contribution in [1.82, 2.24) is 10.3 Å². The number of rotatable bonds is 5. The van der Waals surface area contributed by atoms with Crippen molar-refractivity contribution in [2.75, 3.05) is 11.9 Å². The molecular formula is C19H17ClFN3O2. The summed E-state index contributed by atoms with van der Waals surface area (Å²) in [6.07, 6.45) is 1.71. The highest BCUT2D eigenvalue weighted by Gasteiger charge is 2.12. The van der Waals surface area contributed by atoms with Gasteiger partial charge in [-0.05, 0) is 48.4 Å². The van der Waals surface area contributed by atoms with E-state index in [1.165, 1.54) is 12.1 Å². The average Bonchev–Trinajstić information content (AvgIpc) is 2.98. The maximum Gasteiger partial charge on any atom is 0.243 e. The molecular weight excluding hydrogens is 357 g/mol. The van der Waals surface area contributed by atoms with Crippen LogP contribution in [0.3, 0.4) is 0 Å². The van der Waals surface area contributed by atoms with E-state index in [0.29, 0.717) is 21.7 Å². The maximum absolute atomic E-state index is 13.4. The van der Waals surface area contributed by atoms with Crippen LogP contribution in [0.4, 0.5) is 10.1 Å². The van der Waals surface area contributed by atoms with Gasteiger partial charge in [0.15, 0.2) is 0 Å². The number of aromatic amines is 1. The number of halogens is 2. The monoisotopic (exact) mass is 373 g/mol. The standard InChI is InChI=1S/C19H17ClFN3O2/c1-11-2-4-17(15(20)6-11)24-19(26)10-23-18(25)7-12-9-22-16-5-3-13(21)8-14(12)16/h2-6,8-9,22H,7,10H2,1H3,(H,23,25)(H,24,26). The predicted octanol–water partition coefficient (Wildman–Crippen LogP) is 3.57. The van der Waals surface area contributed by atoms with Gasteiger partial charge in [0.25, 0.3) is 0 Å². The number of H-pyrrole nitrogens is 1. The van der Waals surface area contributed by atoms with Crippen LogP contribution in [0.1, 0.15) is 11.1 Å². The summed E-state index contributed by atoms with van der Waals surface area (Å²) in [6.45, 7) is 1.72. The number of nitrogens with one attached hydrogen (secondary N) is 3. The second-order valence-corrected chi connectivity index (χ2v) is 6.40. The molecule has 3 rings (SSSR count). The summed E-state index contributed by atoms with van der Waals surface area (Å²) in [6, 6.07) is 9.62. The molecule has 0 bridgehead atoms. The third-order valence-electron chi connectivity index (χ3n) is 3.93. The zero-order valence-corrected chi connectivity index (χ0v) is 14.8. The third-order valence-corrected chi connectivity index (χ3v) is 4.24. The molecule has 1 aromatic heterocycles. The molecule has 3 N–H and O–H groups in total. The second-order valence-electron chi connectivity index (χ2n) is 5.99. The highest BCUT2D eigenvalue weighted by Crippen LogP contribution is 2.22. The second kappa shape index (κ2) is 7.58. The van der Waals surface area contributed by atoms with Crippen molar-refractivity contribution in [3.05, 3.63) is 64.6 Å². The van der Waals surface area contributed by atoms with Crippen molar-refractivity contribution in [3.8, 4) is 0 Å². The Morgan fingerprint density at radius 2 is 1.96 bits per heavy atom. The van der Waals surface area contributed by atoms with E-state index in [-0.39, 0.29) is 30.6 Å². The molecule has 1 heterocycles. The Labute approximate surface area is 154 Å². The van der Waals surface area contributed by atoms with Crippen LogP contribution in [0.15, 0.2) is 42.6 Å². The quantitative estimate of drug-likeness (QED) is 0.639. The molecule has 7 heteroatoms. The lowest BCUT2D eigenvalue weighted by Gasteiger charge is -2.09. The normalized spacial score (nSPS) is 10.7. The van der Waals surface area contributed by atoms with E-state index in [1.807, 2.05) is 13.0 Å². The van der Waals surface area contributed by atoms with Crippen molar-refractivity contribution >= 4 is 40.0 Å². The van der Waals surface area contributed by atoms with Crippen molar-refractivity contribution in [2.24, 2.45) is 0 Å². The number of hydrogen-bond acceptors (Lipinski definition) is 2. The summed E-state index contributed by atoms with van der Waals surface area (Å²) < 4.78 is 13.4. The molecule has 26 heavy (non-hydrogen) atoms. The number of carbonyl (C=O) groups is 2. The van der Waals surface area contributed by atoms with Gasteiger partial charge in [0.1, 0.15) is 5.82 Å². The van der Waals surface area contributed by atoms with Gasteiger partial charge < -0.3 is 15.6 Å². The van der Waals surface area contributed by atoms with Crippen molar-refractivity contribution in [1.29, 1.82) is 0 Å². The number of hydrogen-bond donors (Lipinski definition) is 3. The zero-order valence-electron chi connectivity index (χ0n) is 14.0. The molecule has 0 atom stereocenters. The van der Waals surface area contributed by atoms with Crippen LogP contribution in [-0.2, 0) is 16.0 Å². The lowest BCUT2D eigenvalue weighted by atomic mass is 10.1. The molecule has 0 radical (unpaired) electrons. The Morgan fingerprint density at radius 3 is 2.73 bits per heavy atom. The SMILES string of the molecule is Cc1ccc(NC(=O)CNC(=O)Cc2c[nH]c3ccc(F)cc23)c(Cl)c1. The van der Waals surface area contributed by atoms with Crippen LogP contribution in [0.2, 0.25) is 5.02 Å². The molecule has 0 fully saturated rings. The number of anilines is 1. The number of aromatic nitrogens is 1. The minimum atomic E-state index is -0.380. The minimum Gasteiger partial charge on any atom is -0.361 e. The van der Waals surface area contributed by atoms with Crippen LogP contribution in [-0.4, -0.2) is 23.3 Å². The zero-order chi connectivity index (χ0) is 18.7. The van der Waals surface area contributed by atoms with Gasteiger partial charge in [-0.1, -0.05) is 17.7 Å². The summed E-state index contributed by atoms with van der Waals surface area (Å²) in [5.74, 6) is -1.08. The Bertz CT molecular complexity index is 984. The van der Waals surface area contributed by atoms with Crippen LogP contribution >= 0.6 is 11.6 Å². The molecule has 0 aliphatic rings. The smallest absolute Gasteiger partial charge is 0.243 e. The highest BCUT2D eigenvalue weighted by molar-refractivity contribution is 6.33. The molecule has 0 aliphatic heterocycles. The Morgan fingerprint density at radius 1 is 1.15 bits per heavy atom. The molecule has 2 amide bonds. The molecule has 134 valence electrons. The number of benzene rings is 2. The van der Waals surface area contributed by atoms with E-state index in [9.17, 15) is 14.0 Å². The summed E-state index contributed by atoms with van der Waals surface area (Å²) in [4.78, 5) is 27.0. The van der Waals surface area contributed by atoms with E-state index in [0.717, 1.165) is 11.1 Å². The fourth-order valence-corrected chi connectivity index (χ4v) is 2.91. The minimum absolute atomic E-state index is 0.0437. The number of aryl methyl sites for hydroxylation is 1. The Kier molecular flexibility index (Phi) is 5.23. The molecule has 2 aromatic carbocycles. The first-order valence-electron chi connectivity index (χ1n) is 8.00. The predicted molar refractivity (Wildman–Crippen MR) is 99.8 cm³/mol. The topological polar surface area (TPSA) is 74.0 Å². The van der Waals surface area contributed by atoms with E-state index < -0.39 is 0 Å². The van der Waals surface area contributed by atoms with Crippen molar-refractivity contribution < 1.29 is 14.0 Å². The first-order valence-corrected chi connectivity index (χ1v) is 8.38. The number of fused-ring (bicyclic) bond motifs is 1. The van der Waals surface area contributed by atoms with Gasteiger partial charge in [-0.2, -0.15) is 0 Å². The largest absolute Gasteiger partial charge is 0.361 e. The maximum atomic E-state index is 13.4. The molecule has 0 spiro atoms. The fraction of sp³-hybridized carbons (Fsp3) is 0.158. The Balaban J connectivity index is 1.56.